The van der Waals surface area contributed by atoms with E-state index in [4.69, 9.17) is 17.3 Å². The van der Waals surface area contributed by atoms with Crippen LogP contribution in [0.25, 0.3) is 5.52 Å². The van der Waals surface area contributed by atoms with Gasteiger partial charge < -0.3 is 5.73 Å². The van der Waals surface area contributed by atoms with Crippen LogP contribution in [-0.4, -0.2) is 9.38 Å². The third-order valence-electron chi connectivity index (χ3n) is 2.60. The molecule has 3 nitrogen and oxygen atoms in total. The van der Waals surface area contributed by atoms with Crippen molar-refractivity contribution in [3.8, 4) is 0 Å². The first-order valence-electron chi connectivity index (χ1n) is 5.18. The first-order valence-corrected chi connectivity index (χ1v) is 6.44. The summed E-state index contributed by atoms with van der Waals surface area (Å²) in [6.07, 6.45) is 2.63. The Kier molecular flexibility index (Phi) is 2.53. The van der Waals surface area contributed by atoms with Crippen molar-refractivity contribution in [1.29, 1.82) is 0 Å². The van der Waals surface area contributed by atoms with Crippen LogP contribution in [0.15, 0.2) is 35.8 Å². The van der Waals surface area contributed by atoms with Gasteiger partial charge in [-0.25, -0.2) is 4.98 Å². The van der Waals surface area contributed by atoms with Crippen LogP contribution in [0.2, 0.25) is 5.15 Å². The fourth-order valence-corrected chi connectivity index (χ4v) is 2.77. The molecule has 0 bridgehead atoms. The van der Waals surface area contributed by atoms with Crippen molar-refractivity contribution in [2.24, 2.45) is 0 Å². The summed E-state index contributed by atoms with van der Waals surface area (Å²) in [5.74, 6) is 0.916. The van der Waals surface area contributed by atoms with Crippen LogP contribution in [0.1, 0.15) is 10.7 Å². The quantitative estimate of drug-likeness (QED) is 0.771. The molecule has 0 aliphatic rings. The van der Waals surface area contributed by atoms with Gasteiger partial charge in [-0.15, -0.1) is 11.3 Å². The van der Waals surface area contributed by atoms with Crippen LogP contribution in [0.3, 0.4) is 0 Å². The lowest BCUT2D eigenvalue weighted by molar-refractivity contribution is 0.975. The summed E-state index contributed by atoms with van der Waals surface area (Å²) in [5.41, 5.74) is 7.39. The van der Waals surface area contributed by atoms with E-state index in [9.17, 15) is 0 Å². The predicted octanol–water partition coefficient (Wildman–Crippen LogP) is 3.22. The van der Waals surface area contributed by atoms with Crippen LogP contribution < -0.4 is 5.73 Å². The van der Waals surface area contributed by atoms with Gasteiger partial charge in [0, 0.05) is 23.2 Å². The number of pyridine rings is 1. The maximum Gasteiger partial charge on any atom is 0.155 e. The van der Waals surface area contributed by atoms with E-state index in [0.29, 0.717) is 10.8 Å². The van der Waals surface area contributed by atoms with E-state index in [1.54, 1.807) is 11.3 Å². The minimum absolute atomic E-state index is 0.525. The van der Waals surface area contributed by atoms with Gasteiger partial charge in [-0.2, -0.15) is 0 Å². The Labute approximate surface area is 107 Å². The highest BCUT2D eigenvalue weighted by Crippen LogP contribution is 2.22. The van der Waals surface area contributed by atoms with E-state index in [-0.39, 0.29) is 0 Å². The molecule has 5 heteroatoms. The van der Waals surface area contributed by atoms with Gasteiger partial charge in [0.2, 0.25) is 0 Å². The molecule has 17 heavy (non-hydrogen) atoms. The number of aromatic nitrogens is 2. The van der Waals surface area contributed by atoms with E-state index in [1.165, 1.54) is 4.88 Å². The van der Waals surface area contributed by atoms with Gasteiger partial charge in [0.15, 0.2) is 5.15 Å². The molecule has 0 radical (unpaired) electrons. The van der Waals surface area contributed by atoms with Crippen LogP contribution >= 0.6 is 22.9 Å². The van der Waals surface area contributed by atoms with E-state index in [0.717, 1.165) is 17.8 Å². The highest BCUT2D eigenvalue weighted by molar-refractivity contribution is 7.09. The third-order valence-corrected chi connectivity index (χ3v) is 3.75. The van der Waals surface area contributed by atoms with Crippen molar-refractivity contribution in [2.45, 2.75) is 6.42 Å². The van der Waals surface area contributed by atoms with Crippen molar-refractivity contribution in [2.75, 3.05) is 5.73 Å². The SMILES string of the molecule is Nc1ccc2c(Cl)nc(Cc3cccs3)n2c1. The first-order chi connectivity index (χ1) is 8.24. The Bertz CT molecular complexity index is 658. The van der Waals surface area contributed by atoms with Gasteiger partial charge in [-0.1, -0.05) is 17.7 Å². The Morgan fingerprint density at radius 3 is 3.00 bits per heavy atom. The standard InChI is InChI=1S/C12H10ClN3S/c13-12-10-4-3-8(14)7-16(10)11(15-12)6-9-2-1-5-17-9/h1-5,7H,6,14H2. The summed E-state index contributed by atoms with van der Waals surface area (Å²) in [5, 5.41) is 2.58. The number of thiophene rings is 1. The lowest BCUT2D eigenvalue weighted by atomic mass is 10.3. The molecule has 3 aromatic heterocycles. The maximum absolute atomic E-state index is 6.10. The summed E-state index contributed by atoms with van der Waals surface area (Å²) in [6.45, 7) is 0. The molecule has 0 aromatic carbocycles. The van der Waals surface area contributed by atoms with Crippen molar-refractivity contribution >= 4 is 34.1 Å². The van der Waals surface area contributed by atoms with Gasteiger partial charge in [0.1, 0.15) is 5.82 Å². The molecule has 0 unspecified atom stereocenters. The monoisotopic (exact) mass is 263 g/mol. The molecular formula is C12H10ClN3S. The highest BCUT2D eigenvalue weighted by atomic mass is 35.5. The topological polar surface area (TPSA) is 43.3 Å². The zero-order chi connectivity index (χ0) is 11.8. The molecule has 0 saturated heterocycles. The molecule has 0 spiro atoms. The number of fused-ring (bicyclic) bond motifs is 1. The van der Waals surface area contributed by atoms with Gasteiger partial charge >= 0.3 is 0 Å². The number of nitrogen functional groups attached to an aromatic ring is 1. The Morgan fingerprint density at radius 1 is 1.35 bits per heavy atom. The zero-order valence-corrected chi connectivity index (χ0v) is 10.5. The molecule has 0 saturated carbocycles. The molecule has 0 aliphatic carbocycles. The number of nitrogens with two attached hydrogens (primary N) is 1. The molecule has 3 heterocycles. The van der Waals surface area contributed by atoms with Crippen molar-refractivity contribution < 1.29 is 0 Å². The van der Waals surface area contributed by atoms with Crippen LogP contribution in [0.5, 0.6) is 0 Å². The number of anilines is 1. The second-order valence-electron chi connectivity index (χ2n) is 3.79. The Balaban J connectivity index is 2.13. The summed E-state index contributed by atoms with van der Waals surface area (Å²) >= 11 is 7.81. The lowest BCUT2D eigenvalue weighted by Crippen LogP contribution is -1.96. The fourth-order valence-electron chi connectivity index (χ4n) is 1.82. The van der Waals surface area contributed by atoms with E-state index in [2.05, 4.69) is 16.4 Å². The first kappa shape index (κ1) is 10.6. The zero-order valence-electron chi connectivity index (χ0n) is 8.93. The minimum Gasteiger partial charge on any atom is -0.398 e. The minimum atomic E-state index is 0.525. The highest BCUT2D eigenvalue weighted by Gasteiger charge is 2.10. The Morgan fingerprint density at radius 2 is 2.24 bits per heavy atom. The van der Waals surface area contributed by atoms with Gasteiger partial charge in [-0.3, -0.25) is 4.40 Å². The molecular weight excluding hydrogens is 254 g/mol. The van der Waals surface area contributed by atoms with Crippen LogP contribution in [0, 0.1) is 0 Å². The number of hydrogen-bond acceptors (Lipinski definition) is 3. The number of nitrogens with zero attached hydrogens (tertiary/aromatic N) is 2. The van der Waals surface area contributed by atoms with E-state index < -0.39 is 0 Å². The summed E-state index contributed by atoms with van der Waals surface area (Å²) < 4.78 is 1.96. The molecule has 2 N–H and O–H groups in total. The fraction of sp³-hybridized carbons (Fsp3) is 0.0833. The van der Waals surface area contributed by atoms with E-state index in [1.807, 2.05) is 28.8 Å². The van der Waals surface area contributed by atoms with Crippen molar-refractivity contribution in [1.82, 2.24) is 9.38 Å². The van der Waals surface area contributed by atoms with Crippen LogP contribution in [-0.2, 0) is 6.42 Å². The predicted molar refractivity (Wildman–Crippen MR) is 71.7 cm³/mol. The maximum atomic E-state index is 6.10. The summed E-state index contributed by atoms with van der Waals surface area (Å²) in [4.78, 5) is 5.65. The average Bonchev–Trinajstić information content (AvgIpc) is 2.89. The molecule has 3 rings (SSSR count). The Hall–Kier alpha value is -1.52. The van der Waals surface area contributed by atoms with Crippen molar-refractivity contribution in [3.05, 3.63) is 51.7 Å². The molecule has 0 amide bonds. The molecule has 86 valence electrons. The number of hydrogen-bond donors (Lipinski definition) is 1. The third kappa shape index (κ3) is 1.90. The number of halogens is 1. The second kappa shape index (κ2) is 4.05. The summed E-state index contributed by atoms with van der Waals surface area (Å²) in [7, 11) is 0. The molecule has 0 atom stereocenters. The largest absolute Gasteiger partial charge is 0.398 e. The van der Waals surface area contributed by atoms with Crippen LogP contribution in [0.4, 0.5) is 5.69 Å². The summed E-state index contributed by atoms with van der Waals surface area (Å²) in [6, 6.07) is 7.85. The number of imidazole rings is 1. The van der Waals surface area contributed by atoms with Crippen molar-refractivity contribution in [3.63, 3.8) is 0 Å². The van der Waals surface area contributed by atoms with Gasteiger partial charge in [-0.05, 0) is 23.6 Å². The smallest absolute Gasteiger partial charge is 0.155 e. The molecule has 0 fully saturated rings. The lowest BCUT2D eigenvalue weighted by Gasteiger charge is -2.00. The molecule has 3 aromatic rings. The van der Waals surface area contributed by atoms with E-state index >= 15 is 0 Å². The van der Waals surface area contributed by atoms with Gasteiger partial charge in [0.25, 0.3) is 0 Å². The second-order valence-corrected chi connectivity index (χ2v) is 5.18. The number of rotatable bonds is 2. The molecule has 0 aliphatic heterocycles. The average molecular weight is 264 g/mol. The van der Waals surface area contributed by atoms with Gasteiger partial charge in [0.05, 0.1) is 5.52 Å². The normalized spacial score (nSPS) is 11.1.